The fourth-order valence-corrected chi connectivity index (χ4v) is 3.75. The number of nitrogens with zero attached hydrogens (tertiary/aromatic N) is 3. The molecule has 0 unspecified atom stereocenters. The van der Waals surface area contributed by atoms with E-state index in [2.05, 4.69) is 31.5 Å². The van der Waals surface area contributed by atoms with Crippen LogP contribution in [0.25, 0.3) is 22.0 Å². The van der Waals surface area contributed by atoms with E-state index in [4.69, 9.17) is 4.74 Å². The van der Waals surface area contributed by atoms with Crippen LogP contribution >= 0.6 is 0 Å². The zero-order chi connectivity index (χ0) is 18.9. The first kappa shape index (κ1) is 17.2. The molecule has 28 heavy (non-hydrogen) atoms. The number of fused-ring (bicyclic) bond motifs is 1. The van der Waals surface area contributed by atoms with Gasteiger partial charge in [0.15, 0.2) is 5.69 Å². The van der Waals surface area contributed by atoms with E-state index in [0.29, 0.717) is 5.69 Å². The van der Waals surface area contributed by atoms with E-state index in [1.165, 1.54) is 6.42 Å². The Hall–Kier alpha value is -2.93. The molecular formula is C21H23N5O2. The smallest absolute Gasteiger partial charge is 0.272 e. The first-order chi connectivity index (χ1) is 13.8. The first-order valence-corrected chi connectivity index (χ1v) is 9.85. The summed E-state index contributed by atoms with van der Waals surface area (Å²) in [7, 11) is 0. The number of ether oxygens (including phenoxy) is 1. The van der Waals surface area contributed by atoms with Gasteiger partial charge in [-0.1, -0.05) is 6.07 Å². The van der Waals surface area contributed by atoms with Gasteiger partial charge in [-0.25, -0.2) is 0 Å². The number of hydrogen-bond acceptors (Lipinski definition) is 5. The van der Waals surface area contributed by atoms with Crippen LogP contribution in [0, 0.1) is 0 Å². The third-order valence-corrected chi connectivity index (χ3v) is 5.65. The van der Waals surface area contributed by atoms with Crippen molar-refractivity contribution in [3.05, 3.63) is 42.4 Å². The second-order valence-electron chi connectivity index (χ2n) is 7.47. The third-order valence-electron chi connectivity index (χ3n) is 5.65. The van der Waals surface area contributed by atoms with Gasteiger partial charge in [-0.05, 0) is 43.0 Å². The van der Waals surface area contributed by atoms with E-state index in [0.717, 1.165) is 66.9 Å². The zero-order valence-electron chi connectivity index (χ0n) is 15.6. The molecule has 2 N–H and O–H groups in total. The molecule has 7 nitrogen and oxygen atoms in total. The summed E-state index contributed by atoms with van der Waals surface area (Å²) >= 11 is 0. The number of aromatic nitrogens is 3. The van der Waals surface area contributed by atoms with Crippen molar-refractivity contribution >= 4 is 22.5 Å². The Labute approximate surface area is 163 Å². The van der Waals surface area contributed by atoms with E-state index in [1.54, 1.807) is 0 Å². The average molecular weight is 377 g/mol. The minimum absolute atomic E-state index is 0.103. The predicted molar refractivity (Wildman–Crippen MR) is 107 cm³/mol. The van der Waals surface area contributed by atoms with Gasteiger partial charge < -0.3 is 15.0 Å². The summed E-state index contributed by atoms with van der Waals surface area (Å²) in [6, 6.07) is 8.47. The fourth-order valence-electron chi connectivity index (χ4n) is 3.75. The highest BCUT2D eigenvalue weighted by Crippen LogP contribution is 2.28. The number of pyridine rings is 1. The number of H-pyrrole nitrogens is 1. The quantitative estimate of drug-likeness (QED) is 0.730. The molecule has 0 radical (unpaired) electrons. The summed E-state index contributed by atoms with van der Waals surface area (Å²) in [6.45, 7) is 3.23. The van der Waals surface area contributed by atoms with Gasteiger partial charge in [-0.2, -0.15) is 5.10 Å². The SMILES string of the molecule is O=C(NC1CCC1)c1n[nH]c2ccc(-c3cncc(N4CCOCC4)c3)cc12. The number of nitrogens with one attached hydrogen (secondary N) is 2. The standard InChI is InChI=1S/C21H23N5O2/c27-21(23-16-2-1-3-16)20-18-11-14(4-5-19(18)24-25-20)15-10-17(13-22-12-15)26-6-8-28-9-7-26/h4-5,10-13,16H,1-3,6-9H2,(H,23,27)(H,24,25). The van der Waals surface area contributed by atoms with E-state index in [1.807, 2.05) is 30.6 Å². The Bertz CT molecular complexity index is 1000. The monoisotopic (exact) mass is 377 g/mol. The largest absolute Gasteiger partial charge is 0.378 e. The summed E-state index contributed by atoms with van der Waals surface area (Å²) in [6.07, 6.45) is 7.05. The molecule has 0 bridgehead atoms. The lowest BCUT2D eigenvalue weighted by atomic mass is 9.93. The van der Waals surface area contributed by atoms with Crippen LogP contribution in [-0.2, 0) is 4.74 Å². The molecule has 0 atom stereocenters. The lowest BCUT2D eigenvalue weighted by Crippen LogP contribution is -2.39. The summed E-state index contributed by atoms with van der Waals surface area (Å²) in [5, 5.41) is 11.1. The molecule has 3 heterocycles. The van der Waals surface area contributed by atoms with Crippen molar-refractivity contribution in [3.8, 4) is 11.1 Å². The Morgan fingerprint density at radius 1 is 1.14 bits per heavy atom. The zero-order valence-corrected chi connectivity index (χ0v) is 15.6. The van der Waals surface area contributed by atoms with E-state index < -0.39 is 0 Å². The average Bonchev–Trinajstić information content (AvgIpc) is 3.15. The van der Waals surface area contributed by atoms with Gasteiger partial charge in [-0.15, -0.1) is 0 Å². The predicted octanol–water partition coefficient (Wildman–Crippen LogP) is 2.74. The molecule has 1 aliphatic heterocycles. The van der Waals surface area contributed by atoms with Gasteiger partial charge in [0.25, 0.3) is 5.91 Å². The van der Waals surface area contributed by atoms with Crippen molar-refractivity contribution in [2.75, 3.05) is 31.2 Å². The van der Waals surface area contributed by atoms with Crippen LogP contribution in [0.2, 0.25) is 0 Å². The molecule has 2 aromatic heterocycles. The molecule has 144 valence electrons. The first-order valence-electron chi connectivity index (χ1n) is 9.85. The van der Waals surface area contributed by atoms with Crippen LogP contribution < -0.4 is 10.2 Å². The number of anilines is 1. The number of amides is 1. The van der Waals surface area contributed by atoms with Crippen LogP contribution in [0.1, 0.15) is 29.8 Å². The van der Waals surface area contributed by atoms with Crippen molar-refractivity contribution < 1.29 is 9.53 Å². The Balaban J connectivity index is 1.46. The molecule has 2 fully saturated rings. The number of benzene rings is 1. The molecule has 0 spiro atoms. The van der Waals surface area contributed by atoms with Crippen LogP contribution in [-0.4, -0.2) is 53.4 Å². The molecule has 1 saturated heterocycles. The molecule has 1 amide bonds. The number of carbonyl (C=O) groups excluding carboxylic acids is 1. The molecule has 7 heteroatoms. The molecule has 1 saturated carbocycles. The molecule has 2 aliphatic rings. The number of carbonyl (C=O) groups is 1. The van der Waals surface area contributed by atoms with Gasteiger partial charge >= 0.3 is 0 Å². The fraction of sp³-hybridized carbons (Fsp3) is 0.381. The van der Waals surface area contributed by atoms with Gasteiger partial charge in [0.2, 0.25) is 0 Å². The molecular weight excluding hydrogens is 354 g/mol. The highest BCUT2D eigenvalue weighted by molar-refractivity contribution is 6.05. The van der Waals surface area contributed by atoms with E-state index in [9.17, 15) is 4.79 Å². The van der Waals surface area contributed by atoms with Crippen LogP contribution in [0.3, 0.4) is 0 Å². The molecule has 3 aromatic rings. The summed E-state index contributed by atoms with van der Waals surface area (Å²) in [5.41, 5.74) is 4.46. The minimum atomic E-state index is -0.103. The lowest BCUT2D eigenvalue weighted by Gasteiger charge is -2.28. The maximum Gasteiger partial charge on any atom is 0.272 e. The summed E-state index contributed by atoms with van der Waals surface area (Å²) < 4.78 is 5.44. The van der Waals surface area contributed by atoms with Crippen molar-refractivity contribution in [1.82, 2.24) is 20.5 Å². The highest BCUT2D eigenvalue weighted by atomic mass is 16.5. The third kappa shape index (κ3) is 3.22. The molecule has 1 aliphatic carbocycles. The number of aromatic amines is 1. The van der Waals surface area contributed by atoms with Crippen LogP contribution in [0.15, 0.2) is 36.7 Å². The van der Waals surface area contributed by atoms with E-state index >= 15 is 0 Å². The van der Waals surface area contributed by atoms with Gasteiger partial charge in [0, 0.05) is 36.3 Å². The molecule has 5 rings (SSSR count). The highest BCUT2D eigenvalue weighted by Gasteiger charge is 2.23. The van der Waals surface area contributed by atoms with Crippen LogP contribution in [0.4, 0.5) is 5.69 Å². The van der Waals surface area contributed by atoms with Gasteiger partial charge in [-0.3, -0.25) is 14.9 Å². The van der Waals surface area contributed by atoms with Gasteiger partial charge in [0.05, 0.1) is 30.6 Å². The van der Waals surface area contributed by atoms with Gasteiger partial charge in [0.1, 0.15) is 0 Å². The Morgan fingerprint density at radius 3 is 2.79 bits per heavy atom. The Kier molecular flexibility index (Phi) is 4.44. The normalized spacial score (nSPS) is 17.5. The van der Waals surface area contributed by atoms with Crippen molar-refractivity contribution in [2.24, 2.45) is 0 Å². The Morgan fingerprint density at radius 2 is 2.00 bits per heavy atom. The molecule has 1 aromatic carbocycles. The lowest BCUT2D eigenvalue weighted by molar-refractivity contribution is 0.0913. The summed E-state index contributed by atoms with van der Waals surface area (Å²) in [4.78, 5) is 19.3. The maximum absolute atomic E-state index is 12.6. The van der Waals surface area contributed by atoms with Crippen molar-refractivity contribution in [2.45, 2.75) is 25.3 Å². The minimum Gasteiger partial charge on any atom is -0.378 e. The second kappa shape index (κ2) is 7.24. The van der Waals surface area contributed by atoms with Crippen LogP contribution in [0.5, 0.6) is 0 Å². The van der Waals surface area contributed by atoms with Crippen molar-refractivity contribution in [3.63, 3.8) is 0 Å². The maximum atomic E-state index is 12.6. The second-order valence-corrected chi connectivity index (χ2v) is 7.47. The number of morpholine rings is 1. The van der Waals surface area contributed by atoms with E-state index in [-0.39, 0.29) is 11.9 Å². The number of rotatable bonds is 4. The topological polar surface area (TPSA) is 83.1 Å². The van der Waals surface area contributed by atoms with Crippen molar-refractivity contribution in [1.29, 1.82) is 0 Å². The summed E-state index contributed by atoms with van der Waals surface area (Å²) in [5.74, 6) is -0.103. The number of hydrogen-bond donors (Lipinski definition) is 2.